The third-order valence-electron chi connectivity index (χ3n) is 3.10. The Balaban J connectivity index is 0.00000128. The summed E-state index contributed by atoms with van der Waals surface area (Å²) in [6.07, 6.45) is 2.38. The fourth-order valence-electron chi connectivity index (χ4n) is 2.17. The van der Waals surface area contributed by atoms with Gasteiger partial charge in [0, 0.05) is 22.4 Å². The molecule has 0 bridgehead atoms. The SMILES string of the molecule is [Au].[S-]C([S-])N1CCC(c2ccccc2)CC1. The van der Waals surface area contributed by atoms with Gasteiger partial charge >= 0.3 is 0 Å². The van der Waals surface area contributed by atoms with E-state index in [0.717, 1.165) is 13.1 Å². The van der Waals surface area contributed by atoms with E-state index in [1.54, 1.807) is 0 Å². The van der Waals surface area contributed by atoms with Crippen molar-refractivity contribution < 1.29 is 22.4 Å². The van der Waals surface area contributed by atoms with Crippen molar-refractivity contribution >= 4 is 25.3 Å². The van der Waals surface area contributed by atoms with Crippen molar-refractivity contribution in [1.29, 1.82) is 0 Å². The Morgan fingerprint density at radius 2 is 1.62 bits per heavy atom. The molecule has 1 aromatic rings. The smallest absolute Gasteiger partial charge is 0 e. The molecule has 0 amide bonds. The van der Waals surface area contributed by atoms with E-state index in [1.165, 1.54) is 18.4 Å². The monoisotopic (exact) mass is 434 g/mol. The van der Waals surface area contributed by atoms with Gasteiger partial charge in [0.15, 0.2) is 0 Å². The predicted molar refractivity (Wildman–Crippen MR) is 68.5 cm³/mol. The quantitative estimate of drug-likeness (QED) is 0.520. The van der Waals surface area contributed by atoms with Crippen molar-refractivity contribution in [3.05, 3.63) is 35.9 Å². The average molecular weight is 434 g/mol. The van der Waals surface area contributed by atoms with Crippen LogP contribution in [0.4, 0.5) is 0 Å². The first-order valence-corrected chi connectivity index (χ1v) is 6.32. The van der Waals surface area contributed by atoms with E-state index in [2.05, 4.69) is 35.2 Å². The molecular weight excluding hydrogens is 419 g/mol. The molecule has 1 aliphatic heterocycles. The summed E-state index contributed by atoms with van der Waals surface area (Å²) in [5.41, 5.74) is 1.46. The minimum absolute atomic E-state index is 0. The minimum atomic E-state index is -0.123. The summed E-state index contributed by atoms with van der Waals surface area (Å²) in [7, 11) is 0. The van der Waals surface area contributed by atoms with E-state index in [4.69, 9.17) is 25.3 Å². The molecular formula is C12H15AuNS2-2. The van der Waals surface area contributed by atoms with Gasteiger partial charge in [-0.15, -0.1) is 0 Å². The molecule has 0 atom stereocenters. The first-order valence-electron chi connectivity index (χ1n) is 5.38. The fourth-order valence-corrected chi connectivity index (χ4v) is 2.59. The Kier molecular flexibility index (Phi) is 6.55. The summed E-state index contributed by atoms with van der Waals surface area (Å²) >= 11 is 10.2. The van der Waals surface area contributed by atoms with Crippen LogP contribution >= 0.6 is 0 Å². The van der Waals surface area contributed by atoms with Gasteiger partial charge in [-0.05, 0) is 37.4 Å². The summed E-state index contributed by atoms with van der Waals surface area (Å²) < 4.78 is -0.123. The van der Waals surface area contributed by atoms with Crippen molar-refractivity contribution in [1.82, 2.24) is 4.90 Å². The molecule has 16 heavy (non-hydrogen) atoms. The third-order valence-corrected chi connectivity index (χ3v) is 3.69. The molecule has 1 saturated heterocycles. The van der Waals surface area contributed by atoms with Crippen LogP contribution in [0, 0.1) is 0 Å². The second kappa shape index (κ2) is 7.14. The molecule has 0 aromatic heterocycles. The van der Waals surface area contributed by atoms with Gasteiger partial charge in [0.2, 0.25) is 0 Å². The van der Waals surface area contributed by atoms with Crippen molar-refractivity contribution in [3.8, 4) is 0 Å². The maximum atomic E-state index is 5.09. The number of benzene rings is 1. The standard InChI is InChI=1S/C12H17NS2.Au/c14-12(15)13-8-6-11(7-9-13)10-4-2-1-3-5-10;/h1-5,11-12,14-15H,6-9H2;/p-2. The van der Waals surface area contributed by atoms with E-state index >= 15 is 0 Å². The molecule has 0 unspecified atom stereocenters. The van der Waals surface area contributed by atoms with Crippen LogP contribution < -0.4 is 0 Å². The van der Waals surface area contributed by atoms with Gasteiger partial charge in [0.25, 0.3) is 0 Å². The Morgan fingerprint density at radius 1 is 1.06 bits per heavy atom. The zero-order valence-corrected chi connectivity index (χ0v) is 12.7. The second-order valence-corrected chi connectivity index (χ2v) is 5.22. The second-order valence-electron chi connectivity index (χ2n) is 4.03. The maximum Gasteiger partial charge on any atom is 0 e. The zero-order chi connectivity index (χ0) is 10.7. The molecule has 1 radical (unpaired) electrons. The Hall–Kier alpha value is 0.620. The first-order chi connectivity index (χ1) is 7.27. The number of nitrogens with zero attached hydrogens (tertiary/aromatic N) is 1. The topological polar surface area (TPSA) is 3.24 Å². The molecule has 1 fully saturated rings. The van der Waals surface area contributed by atoms with Gasteiger partial charge < -0.3 is 30.2 Å². The summed E-state index contributed by atoms with van der Waals surface area (Å²) in [6, 6.07) is 10.7. The predicted octanol–water partition coefficient (Wildman–Crippen LogP) is 2.24. The Labute approximate surface area is 124 Å². The number of piperidine rings is 1. The van der Waals surface area contributed by atoms with E-state index in [9.17, 15) is 0 Å². The van der Waals surface area contributed by atoms with E-state index in [1.807, 2.05) is 0 Å². The molecule has 1 aromatic carbocycles. The van der Waals surface area contributed by atoms with Gasteiger partial charge in [0.05, 0.1) is 0 Å². The summed E-state index contributed by atoms with van der Waals surface area (Å²) in [6.45, 7) is 2.11. The summed E-state index contributed by atoms with van der Waals surface area (Å²) in [4.78, 5) is 2.21. The molecule has 1 heterocycles. The van der Waals surface area contributed by atoms with Gasteiger partial charge in [-0.2, -0.15) is 0 Å². The van der Waals surface area contributed by atoms with Gasteiger partial charge in [-0.3, -0.25) is 0 Å². The third kappa shape index (κ3) is 3.83. The Morgan fingerprint density at radius 3 is 2.12 bits per heavy atom. The first kappa shape index (κ1) is 14.7. The van der Waals surface area contributed by atoms with Crippen LogP contribution in [0.3, 0.4) is 0 Å². The maximum absolute atomic E-state index is 5.09. The van der Waals surface area contributed by atoms with E-state index < -0.39 is 0 Å². The molecule has 0 saturated carbocycles. The van der Waals surface area contributed by atoms with E-state index in [-0.39, 0.29) is 27.1 Å². The zero-order valence-electron chi connectivity index (χ0n) is 8.94. The van der Waals surface area contributed by atoms with E-state index in [0.29, 0.717) is 5.92 Å². The number of hydrogen-bond donors (Lipinski definition) is 0. The van der Waals surface area contributed by atoms with Crippen molar-refractivity contribution in [3.63, 3.8) is 0 Å². The number of likely N-dealkylation sites (tertiary alicyclic amines) is 1. The summed E-state index contributed by atoms with van der Waals surface area (Å²) in [5, 5.41) is 0. The normalized spacial score (nSPS) is 18.4. The molecule has 0 aliphatic carbocycles. The number of hydrogen-bond acceptors (Lipinski definition) is 3. The van der Waals surface area contributed by atoms with Crippen LogP contribution in [-0.2, 0) is 47.6 Å². The fraction of sp³-hybridized carbons (Fsp3) is 0.500. The van der Waals surface area contributed by atoms with Crippen LogP contribution in [0.15, 0.2) is 30.3 Å². The van der Waals surface area contributed by atoms with Gasteiger partial charge in [-0.1, -0.05) is 30.3 Å². The van der Waals surface area contributed by atoms with Crippen LogP contribution in [0.5, 0.6) is 0 Å². The van der Waals surface area contributed by atoms with Crippen molar-refractivity contribution in [2.24, 2.45) is 0 Å². The molecule has 0 spiro atoms. The van der Waals surface area contributed by atoms with Crippen LogP contribution in [0.2, 0.25) is 0 Å². The largest absolute Gasteiger partial charge is 0.800 e. The molecule has 93 valence electrons. The molecule has 1 nitrogen and oxygen atoms in total. The average Bonchev–Trinajstić information content (AvgIpc) is 2.30. The Bertz CT molecular complexity index is 297. The minimum Gasteiger partial charge on any atom is -0.800 e. The van der Waals surface area contributed by atoms with Gasteiger partial charge in [0.1, 0.15) is 0 Å². The summed E-state index contributed by atoms with van der Waals surface area (Å²) in [5.74, 6) is 0.700. The van der Waals surface area contributed by atoms with Crippen LogP contribution in [0.1, 0.15) is 24.3 Å². The number of rotatable bonds is 2. The van der Waals surface area contributed by atoms with Crippen molar-refractivity contribution in [2.75, 3.05) is 13.1 Å². The van der Waals surface area contributed by atoms with Crippen molar-refractivity contribution in [2.45, 2.75) is 23.5 Å². The molecule has 2 rings (SSSR count). The molecule has 4 heteroatoms. The molecule has 1 aliphatic rings. The van der Waals surface area contributed by atoms with Crippen LogP contribution in [0.25, 0.3) is 0 Å². The van der Waals surface area contributed by atoms with Crippen LogP contribution in [-0.4, -0.2) is 22.7 Å². The van der Waals surface area contributed by atoms with Gasteiger partial charge in [-0.25, -0.2) is 4.71 Å². The molecule has 0 N–H and O–H groups in total.